The molecule has 1 aromatic carbocycles. The summed E-state index contributed by atoms with van der Waals surface area (Å²) < 4.78 is 44.6. The summed E-state index contributed by atoms with van der Waals surface area (Å²) in [7, 11) is 0. The highest BCUT2D eigenvalue weighted by atomic mass is 19.4. The number of anilines is 1. The van der Waals surface area contributed by atoms with Gasteiger partial charge in [-0.15, -0.1) is 0 Å². The minimum atomic E-state index is -4.35. The summed E-state index contributed by atoms with van der Waals surface area (Å²) in [5.74, 6) is 0. The van der Waals surface area contributed by atoms with E-state index in [9.17, 15) is 13.2 Å². The van der Waals surface area contributed by atoms with E-state index in [-0.39, 0.29) is 5.69 Å². The van der Waals surface area contributed by atoms with E-state index in [0.29, 0.717) is 44.8 Å². The van der Waals surface area contributed by atoms with Crippen LogP contribution in [-0.4, -0.2) is 32.8 Å². The highest BCUT2D eigenvalue weighted by molar-refractivity contribution is 5.56. The third kappa shape index (κ3) is 3.39. The first-order valence-corrected chi connectivity index (χ1v) is 6.25. The van der Waals surface area contributed by atoms with Crippen LogP contribution in [0.5, 0.6) is 0 Å². The smallest absolute Gasteiger partial charge is 0.378 e. The summed E-state index contributed by atoms with van der Waals surface area (Å²) >= 11 is 0. The van der Waals surface area contributed by atoms with Crippen molar-refractivity contribution in [3.8, 4) is 0 Å². The third-order valence-electron chi connectivity index (χ3n) is 3.15. The maximum atomic E-state index is 13.1. The zero-order chi connectivity index (χ0) is 13.9. The molecule has 1 aliphatic rings. The molecule has 0 bridgehead atoms. The van der Waals surface area contributed by atoms with Crippen molar-refractivity contribution in [2.45, 2.75) is 12.6 Å². The van der Waals surface area contributed by atoms with Gasteiger partial charge in [-0.1, -0.05) is 6.07 Å². The fourth-order valence-corrected chi connectivity index (χ4v) is 2.21. The van der Waals surface area contributed by atoms with Gasteiger partial charge < -0.3 is 15.4 Å². The second kappa shape index (κ2) is 5.79. The topological polar surface area (TPSA) is 38.5 Å². The summed E-state index contributed by atoms with van der Waals surface area (Å²) in [4.78, 5) is 1.72. The molecule has 0 amide bonds. The Morgan fingerprint density at radius 3 is 2.47 bits per heavy atom. The summed E-state index contributed by atoms with van der Waals surface area (Å²) in [5, 5.41) is 0. The number of nitrogens with zero attached hydrogens (tertiary/aromatic N) is 1. The molecule has 3 nitrogen and oxygen atoms in total. The molecule has 1 aliphatic heterocycles. The second-order valence-corrected chi connectivity index (χ2v) is 4.49. The van der Waals surface area contributed by atoms with Gasteiger partial charge in [-0.2, -0.15) is 13.2 Å². The van der Waals surface area contributed by atoms with E-state index in [1.54, 1.807) is 17.0 Å². The van der Waals surface area contributed by atoms with Gasteiger partial charge in [0.25, 0.3) is 0 Å². The molecule has 1 fully saturated rings. The van der Waals surface area contributed by atoms with Crippen molar-refractivity contribution in [1.82, 2.24) is 0 Å². The van der Waals surface area contributed by atoms with Gasteiger partial charge in [0.2, 0.25) is 0 Å². The number of nitrogens with two attached hydrogens (primary N) is 1. The Hall–Kier alpha value is -1.27. The monoisotopic (exact) mass is 274 g/mol. The SMILES string of the molecule is NCCc1ccc(N2CCOCC2)c(C(F)(F)F)c1. The zero-order valence-electron chi connectivity index (χ0n) is 10.5. The molecule has 19 heavy (non-hydrogen) atoms. The molecule has 0 unspecified atom stereocenters. The van der Waals surface area contributed by atoms with Crippen LogP contribution in [0.2, 0.25) is 0 Å². The van der Waals surface area contributed by atoms with Crippen LogP contribution in [0.1, 0.15) is 11.1 Å². The molecule has 0 atom stereocenters. The maximum Gasteiger partial charge on any atom is 0.418 e. The summed E-state index contributed by atoms with van der Waals surface area (Å²) in [6.07, 6.45) is -3.90. The number of ether oxygens (including phenoxy) is 1. The molecule has 0 aliphatic carbocycles. The van der Waals surface area contributed by atoms with Gasteiger partial charge >= 0.3 is 6.18 Å². The Balaban J connectivity index is 2.35. The first kappa shape index (κ1) is 14.1. The molecular weight excluding hydrogens is 257 g/mol. The Bertz CT molecular complexity index is 428. The van der Waals surface area contributed by atoms with Gasteiger partial charge in [-0.05, 0) is 30.7 Å². The number of morpholine rings is 1. The lowest BCUT2D eigenvalue weighted by Gasteiger charge is -2.31. The molecule has 2 N–H and O–H groups in total. The summed E-state index contributed by atoms with van der Waals surface area (Å²) in [6, 6.07) is 4.46. The first-order valence-electron chi connectivity index (χ1n) is 6.25. The van der Waals surface area contributed by atoms with Crippen LogP contribution in [0, 0.1) is 0 Å². The summed E-state index contributed by atoms with van der Waals surface area (Å²) in [6.45, 7) is 2.23. The van der Waals surface area contributed by atoms with Crippen molar-refractivity contribution in [3.63, 3.8) is 0 Å². The lowest BCUT2D eigenvalue weighted by Crippen LogP contribution is -2.37. The maximum absolute atomic E-state index is 13.1. The molecule has 0 spiro atoms. The molecule has 1 saturated heterocycles. The van der Waals surface area contributed by atoms with Gasteiger partial charge in [0.1, 0.15) is 0 Å². The van der Waals surface area contributed by atoms with E-state index in [2.05, 4.69) is 0 Å². The molecule has 1 aromatic rings. The average molecular weight is 274 g/mol. The van der Waals surface area contributed by atoms with Gasteiger partial charge in [-0.25, -0.2) is 0 Å². The molecule has 2 rings (SSSR count). The van der Waals surface area contributed by atoms with Gasteiger partial charge in [0, 0.05) is 18.8 Å². The molecular formula is C13H17F3N2O. The minimum Gasteiger partial charge on any atom is -0.378 e. The van der Waals surface area contributed by atoms with Crippen LogP contribution in [0.4, 0.5) is 18.9 Å². The lowest BCUT2D eigenvalue weighted by molar-refractivity contribution is -0.137. The number of alkyl halides is 3. The quantitative estimate of drug-likeness (QED) is 0.916. The van der Waals surface area contributed by atoms with Crippen molar-refractivity contribution in [2.75, 3.05) is 37.7 Å². The van der Waals surface area contributed by atoms with Crippen LogP contribution in [-0.2, 0) is 17.3 Å². The fourth-order valence-electron chi connectivity index (χ4n) is 2.21. The fraction of sp³-hybridized carbons (Fsp3) is 0.538. The van der Waals surface area contributed by atoms with Crippen molar-refractivity contribution >= 4 is 5.69 Å². The third-order valence-corrected chi connectivity index (χ3v) is 3.15. The molecule has 0 saturated carbocycles. The summed E-state index contributed by atoms with van der Waals surface area (Å²) in [5.41, 5.74) is 5.66. The molecule has 0 radical (unpaired) electrons. The predicted octanol–water partition coefficient (Wildman–Crippen LogP) is 2.04. The number of benzene rings is 1. The van der Waals surface area contributed by atoms with E-state index in [1.807, 2.05) is 0 Å². The standard InChI is InChI=1S/C13H17F3N2O/c14-13(15,16)11-9-10(3-4-17)1-2-12(11)18-5-7-19-8-6-18/h1-2,9H,3-8,17H2. The van der Waals surface area contributed by atoms with Gasteiger partial charge in [-0.3, -0.25) is 0 Å². The van der Waals surface area contributed by atoms with Crippen molar-refractivity contribution in [1.29, 1.82) is 0 Å². The van der Waals surface area contributed by atoms with Crippen molar-refractivity contribution < 1.29 is 17.9 Å². The van der Waals surface area contributed by atoms with E-state index < -0.39 is 11.7 Å². The van der Waals surface area contributed by atoms with E-state index in [1.165, 1.54) is 6.07 Å². The molecule has 6 heteroatoms. The highest BCUT2D eigenvalue weighted by Crippen LogP contribution is 2.37. The molecule has 0 aromatic heterocycles. The van der Waals surface area contributed by atoms with Crippen LogP contribution in [0.25, 0.3) is 0 Å². The van der Waals surface area contributed by atoms with Gasteiger partial charge in [0.05, 0.1) is 18.8 Å². The van der Waals surface area contributed by atoms with E-state index in [4.69, 9.17) is 10.5 Å². The Morgan fingerprint density at radius 2 is 1.89 bits per heavy atom. The number of hydrogen-bond acceptors (Lipinski definition) is 3. The normalized spacial score (nSPS) is 16.7. The largest absolute Gasteiger partial charge is 0.418 e. The van der Waals surface area contributed by atoms with Crippen LogP contribution >= 0.6 is 0 Å². The van der Waals surface area contributed by atoms with E-state index in [0.717, 1.165) is 0 Å². The minimum absolute atomic E-state index is 0.233. The Morgan fingerprint density at radius 1 is 1.21 bits per heavy atom. The second-order valence-electron chi connectivity index (χ2n) is 4.49. The van der Waals surface area contributed by atoms with Crippen LogP contribution < -0.4 is 10.6 Å². The lowest BCUT2D eigenvalue weighted by atomic mass is 10.0. The van der Waals surface area contributed by atoms with Crippen molar-refractivity contribution in [2.24, 2.45) is 5.73 Å². The zero-order valence-corrected chi connectivity index (χ0v) is 10.5. The van der Waals surface area contributed by atoms with E-state index >= 15 is 0 Å². The Kier molecular flexibility index (Phi) is 4.31. The molecule has 1 heterocycles. The average Bonchev–Trinajstić information content (AvgIpc) is 2.39. The van der Waals surface area contributed by atoms with Crippen LogP contribution in [0.15, 0.2) is 18.2 Å². The molecule has 106 valence electrons. The number of rotatable bonds is 3. The van der Waals surface area contributed by atoms with Gasteiger partial charge in [0.15, 0.2) is 0 Å². The van der Waals surface area contributed by atoms with Crippen LogP contribution in [0.3, 0.4) is 0 Å². The number of hydrogen-bond donors (Lipinski definition) is 1. The highest BCUT2D eigenvalue weighted by Gasteiger charge is 2.35. The predicted molar refractivity (Wildman–Crippen MR) is 67.2 cm³/mol. The van der Waals surface area contributed by atoms with Crippen molar-refractivity contribution in [3.05, 3.63) is 29.3 Å². The Labute approximate surface area is 110 Å². The first-order chi connectivity index (χ1) is 9.02. The number of halogens is 3.